The average Bonchev–Trinajstić information content (AvgIpc) is 2.88. The summed E-state index contributed by atoms with van der Waals surface area (Å²) in [6.45, 7) is 0.910. The third-order valence-corrected chi connectivity index (χ3v) is 2.40. The summed E-state index contributed by atoms with van der Waals surface area (Å²) in [5.41, 5.74) is 1.09. The standard InChI is InChI=1S/C12H13N5O/c1-14-6-2-3-11-16-17-12(18-11)10-5-4-9(7-13)8-15-10/h4-5,8,14H,2-3,6H2,1H3. The van der Waals surface area contributed by atoms with Crippen molar-refractivity contribution in [3.63, 3.8) is 0 Å². The summed E-state index contributed by atoms with van der Waals surface area (Å²) in [6, 6.07) is 5.38. The zero-order chi connectivity index (χ0) is 12.8. The van der Waals surface area contributed by atoms with Crippen LogP contribution < -0.4 is 5.32 Å². The summed E-state index contributed by atoms with van der Waals surface area (Å²) >= 11 is 0. The Bertz CT molecular complexity index is 540. The molecule has 18 heavy (non-hydrogen) atoms. The van der Waals surface area contributed by atoms with E-state index >= 15 is 0 Å². The van der Waals surface area contributed by atoms with Gasteiger partial charge in [0.05, 0.1) is 5.56 Å². The van der Waals surface area contributed by atoms with Crippen LogP contribution in [0, 0.1) is 11.3 Å². The Hall–Kier alpha value is -2.26. The van der Waals surface area contributed by atoms with Crippen molar-refractivity contribution >= 4 is 0 Å². The van der Waals surface area contributed by atoms with Gasteiger partial charge in [0.2, 0.25) is 5.89 Å². The highest BCUT2D eigenvalue weighted by Crippen LogP contribution is 2.15. The molecule has 1 N–H and O–H groups in total. The minimum Gasteiger partial charge on any atom is -0.419 e. The van der Waals surface area contributed by atoms with E-state index in [9.17, 15) is 0 Å². The van der Waals surface area contributed by atoms with Crippen LogP contribution in [0.3, 0.4) is 0 Å². The summed E-state index contributed by atoms with van der Waals surface area (Å²) in [6.07, 6.45) is 3.17. The second-order valence-corrected chi connectivity index (χ2v) is 3.75. The molecule has 0 fully saturated rings. The fourth-order valence-corrected chi connectivity index (χ4v) is 1.46. The molecule has 6 heteroatoms. The van der Waals surface area contributed by atoms with Gasteiger partial charge in [-0.2, -0.15) is 5.26 Å². The highest BCUT2D eigenvalue weighted by atomic mass is 16.4. The van der Waals surface area contributed by atoms with Crippen LogP contribution in [-0.2, 0) is 6.42 Å². The van der Waals surface area contributed by atoms with Crippen LogP contribution in [-0.4, -0.2) is 28.8 Å². The summed E-state index contributed by atoms with van der Waals surface area (Å²) in [5.74, 6) is 0.991. The maximum atomic E-state index is 8.68. The highest BCUT2D eigenvalue weighted by molar-refractivity contribution is 5.47. The van der Waals surface area contributed by atoms with Crippen LogP contribution in [0.4, 0.5) is 0 Å². The predicted octanol–water partition coefficient (Wildman–Crippen LogP) is 1.16. The first-order chi connectivity index (χ1) is 8.83. The van der Waals surface area contributed by atoms with Gasteiger partial charge in [-0.25, -0.2) is 4.98 Å². The molecular weight excluding hydrogens is 230 g/mol. The van der Waals surface area contributed by atoms with E-state index in [0.717, 1.165) is 19.4 Å². The number of nitrogens with one attached hydrogen (secondary N) is 1. The van der Waals surface area contributed by atoms with E-state index in [1.165, 1.54) is 6.20 Å². The molecule has 2 aromatic heterocycles. The summed E-state index contributed by atoms with van der Waals surface area (Å²) in [4.78, 5) is 4.10. The SMILES string of the molecule is CNCCCc1nnc(-c2ccc(C#N)cn2)o1. The molecule has 0 atom stereocenters. The largest absolute Gasteiger partial charge is 0.419 e. The quantitative estimate of drug-likeness (QED) is 0.793. The molecule has 92 valence electrons. The lowest BCUT2D eigenvalue weighted by Gasteiger charge is -1.95. The molecule has 0 aliphatic heterocycles. The molecule has 0 saturated heterocycles. The van der Waals surface area contributed by atoms with Gasteiger partial charge in [-0.15, -0.1) is 10.2 Å². The van der Waals surface area contributed by atoms with E-state index in [-0.39, 0.29) is 0 Å². The minimum atomic E-state index is 0.388. The first kappa shape index (κ1) is 12.2. The summed E-state index contributed by atoms with van der Waals surface area (Å²) in [5, 5.41) is 19.6. The lowest BCUT2D eigenvalue weighted by molar-refractivity contribution is 0.493. The number of rotatable bonds is 5. The molecule has 0 spiro atoms. The predicted molar refractivity (Wildman–Crippen MR) is 64.5 cm³/mol. The molecule has 2 rings (SSSR count). The maximum absolute atomic E-state index is 8.68. The van der Waals surface area contributed by atoms with Gasteiger partial charge in [0.1, 0.15) is 11.8 Å². The lowest BCUT2D eigenvalue weighted by atomic mass is 10.3. The van der Waals surface area contributed by atoms with Crippen molar-refractivity contribution in [2.75, 3.05) is 13.6 Å². The number of nitrogens with zero attached hydrogens (tertiary/aromatic N) is 4. The molecular formula is C12H13N5O. The molecule has 0 unspecified atom stereocenters. The molecule has 0 aromatic carbocycles. The third kappa shape index (κ3) is 2.90. The van der Waals surface area contributed by atoms with E-state index in [1.54, 1.807) is 12.1 Å². The van der Waals surface area contributed by atoms with E-state index in [1.807, 2.05) is 13.1 Å². The van der Waals surface area contributed by atoms with Crippen molar-refractivity contribution in [2.45, 2.75) is 12.8 Å². The molecule has 0 radical (unpaired) electrons. The number of hydrogen-bond acceptors (Lipinski definition) is 6. The van der Waals surface area contributed by atoms with Crippen LogP contribution in [0.5, 0.6) is 0 Å². The Kier molecular flexibility index (Phi) is 3.99. The van der Waals surface area contributed by atoms with Crippen molar-refractivity contribution < 1.29 is 4.42 Å². The van der Waals surface area contributed by atoms with Crippen molar-refractivity contribution in [1.82, 2.24) is 20.5 Å². The molecule has 0 saturated carbocycles. The van der Waals surface area contributed by atoms with Crippen LogP contribution in [0.25, 0.3) is 11.6 Å². The Labute approximate surface area is 105 Å². The second kappa shape index (κ2) is 5.89. The van der Waals surface area contributed by atoms with Gasteiger partial charge in [0.25, 0.3) is 5.89 Å². The molecule has 2 aromatic rings. The van der Waals surface area contributed by atoms with Crippen molar-refractivity contribution in [2.24, 2.45) is 0 Å². The third-order valence-electron chi connectivity index (χ3n) is 2.40. The first-order valence-electron chi connectivity index (χ1n) is 5.67. The monoisotopic (exact) mass is 243 g/mol. The zero-order valence-electron chi connectivity index (χ0n) is 10.1. The smallest absolute Gasteiger partial charge is 0.266 e. The molecule has 6 nitrogen and oxygen atoms in total. The van der Waals surface area contributed by atoms with E-state index in [4.69, 9.17) is 9.68 Å². The van der Waals surface area contributed by atoms with E-state index < -0.39 is 0 Å². The second-order valence-electron chi connectivity index (χ2n) is 3.75. The van der Waals surface area contributed by atoms with Crippen LogP contribution in [0.15, 0.2) is 22.7 Å². The Balaban J connectivity index is 2.06. The van der Waals surface area contributed by atoms with Crippen LogP contribution in [0.1, 0.15) is 17.9 Å². The van der Waals surface area contributed by atoms with Gasteiger partial charge in [0, 0.05) is 12.6 Å². The molecule has 0 amide bonds. The summed E-state index contributed by atoms with van der Waals surface area (Å²) in [7, 11) is 1.90. The summed E-state index contributed by atoms with van der Waals surface area (Å²) < 4.78 is 5.49. The fourth-order valence-electron chi connectivity index (χ4n) is 1.46. The van der Waals surface area contributed by atoms with Crippen molar-refractivity contribution in [1.29, 1.82) is 5.26 Å². The number of aromatic nitrogens is 3. The van der Waals surface area contributed by atoms with Crippen molar-refractivity contribution in [3.05, 3.63) is 29.8 Å². The van der Waals surface area contributed by atoms with Crippen molar-refractivity contribution in [3.8, 4) is 17.7 Å². The maximum Gasteiger partial charge on any atom is 0.266 e. The Morgan fingerprint density at radius 3 is 2.94 bits per heavy atom. The van der Waals surface area contributed by atoms with Crippen LogP contribution >= 0.6 is 0 Å². The molecule has 0 aliphatic rings. The molecule has 0 aliphatic carbocycles. The number of pyridine rings is 1. The lowest BCUT2D eigenvalue weighted by Crippen LogP contribution is -2.08. The zero-order valence-corrected chi connectivity index (χ0v) is 10.1. The van der Waals surface area contributed by atoms with Gasteiger partial charge in [-0.1, -0.05) is 0 Å². The van der Waals surface area contributed by atoms with Gasteiger partial charge < -0.3 is 9.73 Å². The first-order valence-corrected chi connectivity index (χ1v) is 5.67. The van der Waals surface area contributed by atoms with Gasteiger partial charge in [-0.3, -0.25) is 0 Å². The molecule has 0 bridgehead atoms. The van der Waals surface area contributed by atoms with Gasteiger partial charge in [0.15, 0.2) is 0 Å². The normalized spacial score (nSPS) is 10.2. The van der Waals surface area contributed by atoms with E-state index in [2.05, 4.69) is 20.5 Å². The average molecular weight is 243 g/mol. The topological polar surface area (TPSA) is 87.6 Å². The number of aryl methyl sites for hydroxylation is 1. The van der Waals surface area contributed by atoms with Gasteiger partial charge in [-0.05, 0) is 32.1 Å². The highest BCUT2D eigenvalue weighted by Gasteiger charge is 2.09. The molecule has 2 heterocycles. The van der Waals surface area contributed by atoms with Crippen LogP contribution in [0.2, 0.25) is 0 Å². The Morgan fingerprint density at radius 2 is 2.28 bits per heavy atom. The number of nitriles is 1. The minimum absolute atomic E-state index is 0.388. The fraction of sp³-hybridized carbons (Fsp3) is 0.333. The van der Waals surface area contributed by atoms with Gasteiger partial charge >= 0.3 is 0 Å². The Morgan fingerprint density at radius 1 is 1.39 bits per heavy atom. The number of hydrogen-bond donors (Lipinski definition) is 1. The van der Waals surface area contributed by atoms with E-state index in [0.29, 0.717) is 23.0 Å².